The van der Waals surface area contributed by atoms with E-state index in [1.165, 1.54) is 0 Å². The second kappa shape index (κ2) is 8.36. The molecule has 2 heterocycles. The molecule has 130 valence electrons. The lowest BCUT2D eigenvalue weighted by molar-refractivity contribution is 0.119. The molecule has 1 aliphatic heterocycles. The number of aryl methyl sites for hydroxylation is 1. The highest BCUT2D eigenvalue weighted by Gasteiger charge is 2.22. The fraction of sp³-hybridized carbons (Fsp3) is 0.706. The Balaban J connectivity index is 1.96. The summed E-state index contributed by atoms with van der Waals surface area (Å²) in [4.78, 5) is 9.54. The Kier molecular flexibility index (Phi) is 6.47. The van der Waals surface area contributed by atoms with E-state index in [4.69, 9.17) is 9.41 Å². The van der Waals surface area contributed by atoms with Gasteiger partial charge in [-0.15, -0.1) is 0 Å². The Labute approximate surface area is 139 Å². The standard InChI is InChI=1S/C17H31N5O/c1-6-18-17(20-14(3)16-8-7-13(2)23-16)19-11-15-12-21(4)9-10-22(15)5/h7-8,14-15H,6,9-12H2,1-5H3,(H2,18,19,20). The fourth-order valence-electron chi connectivity index (χ4n) is 2.78. The number of hydrogen-bond donors (Lipinski definition) is 2. The third-order valence-corrected chi connectivity index (χ3v) is 4.33. The van der Waals surface area contributed by atoms with Gasteiger partial charge in [0, 0.05) is 32.2 Å². The number of nitrogens with one attached hydrogen (secondary N) is 2. The van der Waals surface area contributed by atoms with Crippen molar-refractivity contribution < 1.29 is 4.42 Å². The van der Waals surface area contributed by atoms with E-state index < -0.39 is 0 Å². The smallest absolute Gasteiger partial charge is 0.191 e. The van der Waals surface area contributed by atoms with E-state index >= 15 is 0 Å². The van der Waals surface area contributed by atoms with Crippen LogP contribution in [0.15, 0.2) is 21.5 Å². The third kappa shape index (κ3) is 5.25. The molecule has 1 fully saturated rings. The van der Waals surface area contributed by atoms with Crippen molar-refractivity contribution in [2.24, 2.45) is 4.99 Å². The van der Waals surface area contributed by atoms with Gasteiger partial charge in [-0.3, -0.25) is 9.89 Å². The highest BCUT2D eigenvalue weighted by atomic mass is 16.3. The first-order valence-electron chi connectivity index (χ1n) is 8.49. The summed E-state index contributed by atoms with van der Waals surface area (Å²) in [5.41, 5.74) is 0. The maximum atomic E-state index is 5.69. The summed E-state index contributed by atoms with van der Waals surface area (Å²) in [7, 11) is 4.36. The maximum Gasteiger partial charge on any atom is 0.191 e. The SMILES string of the molecule is CCNC(=NCC1CN(C)CCN1C)NC(C)c1ccc(C)o1. The molecule has 0 spiro atoms. The number of nitrogens with zero attached hydrogens (tertiary/aromatic N) is 3. The van der Waals surface area contributed by atoms with E-state index in [1.54, 1.807) is 0 Å². The van der Waals surface area contributed by atoms with Crippen LogP contribution in [0.1, 0.15) is 31.4 Å². The topological polar surface area (TPSA) is 56.0 Å². The Morgan fingerprint density at radius 3 is 2.83 bits per heavy atom. The lowest BCUT2D eigenvalue weighted by Gasteiger charge is -2.37. The van der Waals surface area contributed by atoms with E-state index in [0.29, 0.717) is 6.04 Å². The molecule has 23 heavy (non-hydrogen) atoms. The molecule has 1 saturated heterocycles. The van der Waals surface area contributed by atoms with Crippen molar-refractivity contribution in [3.8, 4) is 0 Å². The monoisotopic (exact) mass is 321 g/mol. The summed E-state index contributed by atoms with van der Waals surface area (Å²) in [5, 5.41) is 6.75. The zero-order chi connectivity index (χ0) is 16.8. The van der Waals surface area contributed by atoms with Crippen LogP contribution in [0.5, 0.6) is 0 Å². The van der Waals surface area contributed by atoms with E-state index in [1.807, 2.05) is 19.1 Å². The fourth-order valence-corrected chi connectivity index (χ4v) is 2.78. The highest BCUT2D eigenvalue weighted by molar-refractivity contribution is 5.80. The molecule has 2 unspecified atom stereocenters. The van der Waals surface area contributed by atoms with Crippen LogP contribution in [-0.4, -0.2) is 68.6 Å². The number of likely N-dealkylation sites (N-methyl/N-ethyl adjacent to an activating group) is 2. The third-order valence-electron chi connectivity index (χ3n) is 4.33. The summed E-state index contributed by atoms with van der Waals surface area (Å²) in [6.07, 6.45) is 0. The molecular formula is C17H31N5O. The molecular weight excluding hydrogens is 290 g/mol. The Morgan fingerprint density at radius 2 is 2.17 bits per heavy atom. The number of guanidine groups is 1. The van der Waals surface area contributed by atoms with Crippen molar-refractivity contribution in [2.45, 2.75) is 32.9 Å². The normalized spacial score (nSPS) is 22.1. The number of furan rings is 1. The van der Waals surface area contributed by atoms with Gasteiger partial charge in [0.05, 0.1) is 12.6 Å². The zero-order valence-corrected chi connectivity index (χ0v) is 15.1. The van der Waals surface area contributed by atoms with Crippen LogP contribution in [0.2, 0.25) is 0 Å². The molecule has 1 aromatic rings. The van der Waals surface area contributed by atoms with E-state index in [2.05, 4.69) is 48.4 Å². The van der Waals surface area contributed by atoms with E-state index in [0.717, 1.165) is 50.2 Å². The second-order valence-corrected chi connectivity index (χ2v) is 6.43. The maximum absolute atomic E-state index is 5.69. The van der Waals surface area contributed by atoms with Gasteiger partial charge < -0.3 is 20.0 Å². The van der Waals surface area contributed by atoms with Crippen LogP contribution in [0.4, 0.5) is 0 Å². The molecule has 2 atom stereocenters. The Hall–Kier alpha value is -1.53. The van der Waals surface area contributed by atoms with Crippen molar-refractivity contribution in [3.63, 3.8) is 0 Å². The van der Waals surface area contributed by atoms with Crippen LogP contribution in [0.25, 0.3) is 0 Å². The van der Waals surface area contributed by atoms with Gasteiger partial charge in [-0.25, -0.2) is 0 Å². The van der Waals surface area contributed by atoms with Crippen molar-refractivity contribution >= 4 is 5.96 Å². The average molecular weight is 321 g/mol. The van der Waals surface area contributed by atoms with E-state index in [9.17, 15) is 0 Å². The molecule has 1 aliphatic rings. The minimum atomic E-state index is 0.0910. The van der Waals surface area contributed by atoms with Crippen molar-refractivity contribution in [1.82, 2.24) is 20.4 Å². The van der Waals surface area contributed by atoms with Crippen molar-refractivity contribution in [3.05, 3.63) is 23.7 Å². The first kappa shape index (κ1) is 17.8. The number of hydrogen-bond acceptors (Lipinski definition) is 4. The molecule has 0 bridgehead atoms. The Morgan fingerprint density at radius 1 is 1.39 bits per heavy atom. The molecule has 0 radical (unpaired) electrons. The molecule has 6 nitrogen and oxygen atoms in total. The highest BCUT2D eigenvalue weighted by Crippen LogP contribution is 2.15. The lowest BCUT2D eigenvalue weighted by Crippen LogP contribution is -2.51. The van der Waals surface area contributed by atoms with Gasteiger partial charge >= 0.3 is 0 Å². The summed E-state index contributed by atoms with van der Waals surface area (Å²) in [5.74, 6) is 2.71. The first-order chi connectivity index (χ1) is 11.0. The average Bonchev–Trinajstić information content (AvgIpc) is 2.95. The largest absolute Gasteiger partial charge is 0.464 e. The summed E-state index contributed by atoms with van der Waals surface area (Å²) in [6.45, 7) is 11.1. The Bertz CT molecular complexity index is 513. The van der Waals surface area contributed by atoms with Crippen molar-refractivity contribution in [2.75, 3.05) is 46.8 Å². The zero-order valence-electron chi connectivity index (χ0n) is 15.1. The predicted octanol–water partition coefficient (Wildman–Crippen LogP) is 1.45. The molecule has 0 aromatic carbocycles. The molecule has 0 amide bonds. The first-order valence-corrected chi connectivity index (χ1v) is 8.49. The van der Waals surface area contributed by atoms with Crippen molar-refractivity contribution in [1.29, 1.82) is 0 Å². The van der Waals surface area contributed by atoms with Crippen LogP contribution in [0, 0.1) is 6.92 Å². The second-order valence-electron chi connectivity index (χ2n) is 6.43. The van der Waals surface area contributed by atoms with Gasteiger partial charge in [0.15, 0.2) is 5.96 Å². The molecule has 1 aromatic heterocycles. The van der Waals surface area contributed by atoms with Gasteiger partial charge in [-0.2, -0.15) is 0 Å². The number of piperazine rings is 1. The minimum absolute atomic E-state index is 0.0910. The van der Waals surface area contributed by atoms with Crippen LogP contribution in [-0.2, 0) is 0 Å². The van der Waals surface area contributed by atoms with Gasteiger partial charge in [-0.1, -0.05) is 0 Å². The molecule has 2 rings (SSSR count). The lowest BCUT2D eigenvalue weighted by atomic mass is 10.2. The van der Waals surface area contributed by atoms with Gasteiger partial charge in [0.1, 0.15) is 11.5 Å². The number of rotatable bonds is 5. The van der Waals surface area contributed by atoms with Gasteiger partial charge in [0.2, 0.25) is 0 Å². The summed E-state index contributed by atoms with van der Waals surface area (Å²) >= 11 is 0. The summed E-state index contributed by atoms with van der Waals surface area (Å²) < 4.78 is 5.69. The van der Waals surface area contributed by atoms with Crippen LogP contribution >= 0.6 is 0 Å². The van der Waals surface area contributed by atoms with Crippen LogP contribution in [0.3, 0.4) is 0 Å². The molecule has 2 N–H and O–H groups in total. The van der Waals surface area contributed by atoms with E-state index in [-0.39, 0.29) is 6.04 Å². The number of aliphatic imine (C=N–C) groups is 1. The van der Waals surface area contributed by atoms with Crippen LogP contribution < -0.4 is 10.6 Å². The quantitative estimate of drug-likeness (QED) is 0.635. The molecule has 0 saturated carbocycles. The minimum Gasteiger partial charge on any atom is -0.464 e. The summed E-state index contributed by atoms with van der Waals surface area (Å²) in [6, 6.07) is 4.56. The molecule has 0 aliphatic carbocycles. The molecule has 6 heteroatoms. The van der Waals surface area contributed by atoms with Gasteiger partial charge in [-0.05, 0) is 47.0 Å². The van der Waals surface area contributed by atoms with Gasteiger partial charge in [0.25, 0.3) is 0 Å². The predicted molar refractivity (Wildman–Crippen MR) is 94.9 cm³/mol.